The Morgan fingerprint density at radius 3 is 1.68 bits per heavy atom. The minimum absolute atomic E-state index is 0.0129. The molecule has 0 saturated carbocycles. The van der Waals surface area contributed by atoms with Crippen molar-refractivity contribution in [3.8, 4) is 17.3 Å². The number of hydrogen-bond donors (Lipinski definition) is 6. The van der Waals surface area contributed by atoms with Crippen molar-refractivity contribution in [2.75, 3.05) is 35.0 Å². The number of aromatic nitrogens is 7. The van der Waals surface area contributed by atoms with Crippen molar-refractivity contribution in [3.63, 3.8) is 0 Å². The number of nitrogens with two attached hydrogens (primary N) is 3. The van der Waals surface area contributed by atoms with E-state index in [0.717, 1.165) is 0 Å². The maximum absolute atomic E-state index is 13.0. The lowest BCUT2D eigenvalue weighted by atomic mass is 10.3. The number of nitrogens with one attached hydrogen (secondary N) is 3. The van der Waals surface area contributed by atoms with Crippen LogP contribution in [0.5, 0.6) is 0 Å². The Morgan fingerprint density at radius 2 is 1.23 bits per heavy atom. The largest absolute Gasteiger partial charge is 0.462 e. The molecule has 7 aromatic rings. The first-order valence-electron chi connectivity index (χ1n) is 20.5. The molecule has 33 heteroatoms. The number of benzene rings is 2. The number of nitrogens with zero attached hydrogens (tertiary/aromatic N) is 7. The van der Waals surface area contributed by atoms with Crippen molar-refractivity contribution < 1.29 is 54.5 Å². The van der Waals surface area contributed by atoms with Crippen LogP contribution < -0.4 is 32.2 Å². The van der Waals surface area contributed by atoms with Gasteiger partial charge in [-0.3, -0.25) is 24.5 Å². The molecule has 0 spiro atoms. The molecule has 0 fully saturated rings. The number of rotatable bonds is 16. The van der Waals surface area contributed by atoms with Crippen LogP contribution in [0.15, 0.2) is 104 Å². The van der Waals surface area contributed by atoms with Gasteiger partial charge in [-0.2, -0.15) is 0 Å². The zero-order valence-electron chi connectivity index (χ0n) is 38.6. The number of carbonyl (C=O) groups excluding carboxylic acids is 3. The summed E-state index contributed by atoms with van der Waals surface area (Å²) in [6.07, 6.45) is 5.13. The Bertz CT molecular complexity index is 3280. The third-order valence-corrected chi connectivity index (χ3v) is 13.3. The summed E-state index contributed by atoms with van der Waals surface area (Å²) in [4.78, 5) is 42.5. The lowest BCUT2D eigenvalue weighted by molar-refractivity contribution is -0.237. The highest BCUT2D eigenvalue weighted by atomic mass is 35.5. The normalized spacial score (nSPS) is 11.1. The van der Waals surface area contributed by atoms with Crippen LogP contribution in [0.2, 0.25) is 30.1 Å². The van der Waals surface area contributed by atoms with Gasteiger partial charge in [0.1, 0.15) is 18.2 Å². The van der Waals surface area contributed by atoms with Crippen LogP contribution in [0.4, 0.5) is 17.2 Å². The summed E-state index contributed by atoms with van der Waals surface area (Å²) >= 11 is 35.2. The van der Waals surface area contributed by atoms with E-state index in [2.05, 4.69) is 44.4 Å². The van der Waals surface area contributed by atoms with Gasteiger partial charge in [-0.25, -0.2) is 42.0 Å². The number of hydrogen-bond acceptors (Lipinski definition) is 20. The highest BCUT2D eigenvalue weighted by molar-refractivity contribution is 7.93. The summed E-state index contributed by atoms with van der Waals surface area (Å²) in [5, 5.41) is 15.5. The summed E-state index contributed by atoms with van der Waals surface area (Å²) < 4.78 is 80.8. The standard InChI is InChI=1S/C17H10Cl3N7O4S.C12H9Cl3N4O3S.C9H18O4.C3H4N2O/c18-8-5-12(26-32(29,30)9-1-2-10(19)11(20)6-9)14(22-7-8)16-23-24-17(15(21)28)27(16)13-3-4-31-25-13;13-6-3-10(11(17-5-6)12(20)18-16)19-23(21,22)7-1-2-8(14)9(15)4-7;1-5-11-8(10)9(4,12-6-2)13-7-3;4-3-1-2-6-5-3/h1-7,26H,(H2,21,28);1-5,19H,16H2,(H,18,20);5-7H2,1-4H3;1-2H,(H2,4,5). The Labute approximate surface area is 451 Å². The number of halogens is 6. The molecule has 0 bridgehead atoms. The Hall–Kier alpha value is -6.37. The van der Waals surface area contributed by atoms with Crippen molar-refractivity contribution >= 4 is 125 Å². The van der Waals surface area contributed by atoms with Gasteiger partial charge in [0.15, 0.2) is 23.2 Å². The fraction of sp³-hybridized carbons (Fsp3) is 0.195. The summed E-state index contributed by atoms with van der Waals surface area (Å²) in [5.41, 5.74) is 11.9. The van der Waals surface area contributed by atoms with Crippen LogP contribution in [0.1, 0.15) is 48.8 Å². The monoisotopic (exact) mass is 1180 g/mol. The van der Waals surface area contributed by atoms with E-state index in [4.69, 9.17) is 106 Å². The zero-order chi connectivity index (χ0) is 55.0. The molecular weight excluding hydrogens is 1140 g/mol. The van der Waals surface area contributed by atoms with Crippen molar-refractivity contribution in [1.29, 1.82) is 0 Å². The second-order valence-corrected chi connectivity index (χ2v) is 19.7. The Morgan fingerprint density at radius 1 is 0.703 bits per heavy atom. The average Bonchev–Trinajstić information content (AvgIpc) is 4.15. The maximum atomic E-state index is 13.0. The van der Waals surface area contributed by atoms with Crippen molar-refractivity contribution in [2.45, 2.75) is 43.3 Å². The number of carbonyl (C=O) groups is 3. The first kappa shape index (κ1) is 60.2. The number of hydrazine groups is 1. The minimum atomic E-state index is -4.15. The molecule has 0 unspecified atom stereocenters. The van der Waals surface area contributed by atoms with Crippen LogP contribution in [-0.2, 0) is 39.1 Å². The molecule has 0 aliphatic heterocycles. The van der Waals surface area contributed by atoms with Gasteiger partial charge in [-0.05, 0) is 69.3 Å². The van der Waals surface area contributed by atoms with E-state index >= 15 is 0 Å². The van der Waals surface area contributed by atoms with Crippen LogP contribution in [0.25, 0.3) is 17.3 Å². The smallest absolute Gasteiger partial charge is 0.366 e. The highest BCUT2D eigenvalue weighted by Gasteiger charge is 2.36. The molecule has 5 aromatic heterocycles. The first-order chi connectivity index (χ1) is 34.9. The quantitative estimate of drug-likeness (QED) is 0.0183. The number of amides is 2. The number of ether oxygens (including phenoxy) is 3. The van der Waals surface area contributed by atoms with E-state index < -0.39 is 43.6 Å². The third-order valence-electron chi connectivity index (χ3n) is 8.64. The molecule has 396 valence electrons. The van der Waals surface area contributed by atoms with Crippen LogP contribution in [0.3, 0.4) is 0 Å². The highest BCUT2D eigenvalue weighted by Crippen LogP contribution is 2.33. The molecule has 0 aliphatic rings. The van der Waals surface area contributed by atoms with Crippen LogP contribution in [-0.4, -0.2) is 95.3 Å². The van der Waals surface area contributed by atoms with E-state index in [1.165, 1.54) is 84.1 Å². The van der Waals surface area contributed by atoms with Gasteiger partial charge in [0.2, 0.25) is 5.82 Å². The fourth-order valence-corrected chi connectivity index (χ4v) is 8.69. The van der Waals surface area contributed by atoms with Gasteiger partial charge >= 0.3 is 5.97 Å². The van der Waals surface area contributed by atoms with Crippen molar-refractivity contribution in [3.05, 3.63) is 127 Å². The lowest BCUT2D eigenvalue weighted by Gasteiger charge is -2.26. The summed E-state index contributed by atoms with van der Waals surface area (Å²) in [7, 11) is -8.20. The molecule has 2 aromatic carbocycles. The summed E-state index contributed by atoms with van der Waals surface area (Å²) in [6, 6.07) is 13.1. The van der Waals surface area contributed by atoms with Gasteiger partial charge in [-0.15, -0.1) is 10.2 Å². The number of pyridine rings is 2. The Kier molecular flexibility index (Phi) is 22.2. The summed E-state index contributed by atoms with van der Waals surface area (Å²) in [6.45, 7) is 8.07. The van der Waals surface area contributed by atoms with Crippen LogP contribution >= 0.6 is 69.6 Å². The molecule has 0 aliphatic carbocycles. The number of nitrogen functional groups attached to an aromatic ring is 2. The van der Waals surface area contributed by atoms with E-state index in [9.17, 15) is 31.2 Å². The number of primary amides is 1. The minimum Gasteiger partial charge on any atom is -0.462 e. The lowest BCUT2D eigenvalue weighted by Crippen LogP contribution is -2.42. The SMILES string of the molecule is CCOC(=O)C(C)(OCC)OCC.NC(=O)c1nnc(-c2ncc(Cl)cc2NS(=O)(=O)c2ccc(Cl)c(Cl)c2)n1-c1ccon1.NNC(=O)c1ncc(Cl)cc1NS(=O)(=O)c1ccc(Cl)c(Cl)c1.Nc1ccon1. The van der Waals surface area contributed by atoms with Gasteiger partial charge in [0.05, 0.1) is 57.9 Å². The molecule has 0 saturated heterocycles. The molecule has 7 rings (SSSR count). The molecule has 74 heavy (non-hydrogen) atoms. The van der Waals surface area contributed by atoms with E-state index in [-0.39, 0.29) is 80.2 Å². The molecule has 0 radical (unpaired) electrons. The van der Waals surface area contributed by atoms with Gasteiger partial charge in [-0.1, -0.05) is 79.9 Å². The topological polar surface area (TPSA) is 370 Å². The van der Waals surface area contributed by atoms with Gasteiger partial charge in [0, 0.05) is 44.7 Å². The predicted octanol–water partition coefficient (Wildman–Crippen LogP) is 7.22. The van der Waals surface area contributed by atoms with Crippen molar-refractivity contribution in [2.24, 2.45) is 11.6 Å². The molecule has 2 amide bonds. The zero-order valence-corrected chi connectivity index (χ0v) is 44.7. The molecule has 9 N–H and O–H groups in total. The van der Waals surface area contributed by atoms with Crippen molar-refractivity contribution in [1.82, 2.24) is 40.5 Å². The predicted molar refractivity (Wildman–Crippen MR) is 273 cm³/mol. The average molecular weight is 1180 g/mol. The number of anilines is 3. The Balaban J connectivity index is 0.000000245. The summed E-state index contributed by atoms with van der Waals surface area (Å²) in [5.74, 6) is 1.85. The second kappa shape index (κ2) is 27.2. The number of sulfonamides is 2. The van der Waals surface area contributed by atoms with E-state index in [1.54, 1.807) is 33.8 Å². The maximum Gasteiger partial charge on any atom is 0.366 e. The van der Waals surface area contributed by atoms with Gasteiger partial charge < -0.3 is 34.7 Å². The molecular formula is C41H41Cl6N13O12S2. The van der Waals surface area contributed by atoms with E-state index in [1.807, 2.05) is 5.43 Å². The number of esters is 1. The molecule has 5 heterocycles. The second-order valence-electron chi connectivity index (χ2n) is 13.8. The fourth-order valence-electron chi connectivity index (χ4n) is 5.49. The molecule has 25 nitrogen and oxygen atoms in total. The van der Waals surface area contributed by atoms with E-state index in [0.29, 0.717) is 25.6 Å². The molecule has 0 atom stereocenters. The first-order valence-corrected chi connectivity index (χ1v) is 25.7. The third kappa shape index (κ3) is 16.3. The van der Waals surface area contributed by atoms with Gasteiger partial charge in [0.25, 0.3) is 37.6 Å². The van der Waals surface area contributed by atoms with Crippen LogP contribution in [0, 0.1) is 0 Å².